The van der Waals surface area contributed by atoms with Gasteiger partial charge in [0.25, 0.3) is 5.56 Å². The largest absolute Gasteiger partial charge is 0.396 e. The molecule has 2 N–H and O–H groups in total. The van der Waals surface area contributed by atoms with Gasteiger partial charge < -0.3 is 19.9 Å². The van der Waals surface area contributed by atoms with Crippen LogP contribution < -0.4 is 10.9 Å². The van der Waals surface area contributed by atoms with Crippen molar-refractivity contribution in [1.82, 2.24) is 14.8 Å². The topological polar surface area (TPSA) is 91.6 Å². The third kappa shape index (κ3) is 3.25. The molecule has 3 heterocycles. The van der Waals surface area contributed by atoms with Gasteiger partial charge in [0.15, 0.2) is 0 Å². The number of carbonyl (C=O) groups excluding carboxylic acids is 2. The molecule has 2 aliphatic heterocycles. The van der Waals surface area contributed by atoms with E-state index in [1.165, 1.54) is 6.92 Å². The first-order valence-electron chi connectivity index (χ1n) is 11.6. The molecule has 31 heavy (non-hydrogen) atoms. The van der Waals surface area contributed by atoms with E-state index < -0.39 is 12.0 Å². The summed E-state index contributed by atoms with van der Waals surface area (Å²) in [4.78, 5) is 41.2. The van der Waals surface area contributed by atoms with Crippen LogP contribution in [0.2, 0.25) is 0 Å². The van der Waals surface area contributed by atoms with Gasteiger partial charge in [0.2, 0.25) is 11.8 Å². The zero-order valence-electron chi connectivity index (χ0n) is 18.0. The fourth-order valence-corrected chi connectivity index (χ4v) is 6.37. The lowest BCUT2D eigenvalue weighted by Gasteiger charge is -2.37. The Bertz CT molecular complexity index is 991. The highest BCUT2D eigenvalue weighted by molar-refractivity contribution is 5.84. The number of aliphatic hydroxyl groups is 1. The van der Waals surface area contributed by atoms with Crippen molar-refractivity contribution in [1.29, 1.82) is 0 Å². The number of nitrogens with zero attached hydrogens (tertiary/aromatic N) is 2. The van der Waals surface area contributed by atoms with E-state index in [1.807, 2.05) is 12.1 Å². The molecule has 5 rings (SSSR count). The summed E-state index contributed by atoms with van der Waals surface area (Å²) >= 11 is 0. The third-order valence-electron chi connectivity index (χ3n) is 7.80. The second-order valence-corrected chi connectivity index (χ2v) is 9.51. The molecule has 2 bridgehead atoms. The van der Waals surface area contributed by atoms with Crippen LogP contribution >= 0.6 is 0 Å². The number of hydrogen-bond donors (Lipinski definition) is 2. The van der Waals surface area contributed by atoms with E-state index in [2.05, 4.69) is 11.4 Å². The fourth-order valence-electron chi connectivity index (χ4n) is 6.37. The number of aliphatic hydroxyl groups excluding tert-OH is 1. The number of amides is 2. The van der Waals surface area contributed by atoms with Crippen molar-refractivity contribution < 1.29 is 14.7 Å². The second-order valence-electron chi connectivity index (χ2n) is 9.51. The Balaban J connectivity index is 1.57. The van der Waals surface area contributed by atoms with Crippen LogP contribution in [0.1, 0.15) is 69.2 Å². The maximum absolute atomic E-state index is 13.4. The van der Waals surface area contributed by atoms with Gasteiger partial charge >= 0.3 is 0 Å². The Kier molecular flexibility index (Phi) is 5.24. The lowest BCUT2D eigenvalue weighted by Crippen LogP contribution is -2.48. The van der Waals surface area contributed by atoms with Crippen molar-refractivity contribution >= 4 is 17.4 Å². The van der Waals surface area contributed by atoms with Crippen molar-refractivity contribution in [3.8, 4) is 0 Å². The Labute approximate surface area is 182 Å². The van der Waals surface area contributed by atoms with Gasteiger partial charge in [-0.15, -0.1) is 0 Å². The van der Waals surface area contributed by atoms with Gasteiger partial charge in [-0.3, -0.25) is 14.4 Å². The van der Waals surface area contributed by atoms with E-state index in [9.17, 15) is 19.5 Å². The van der Waals surface area contributed by atoms with Gasteiger partial charge in [0.05, 0.1) is 18.0 Å². The van der Waals surface area contributed by atoms with Crippen LogP contribution in [-0.4, -0.2) is 45.1 Å². The highest BCUT2D eigenvalue weighted by Gasteiger charge is 2.57. The number of carbonyl (C=O) groups is 2. The number of hydrogen-bond acceptors (Lipinski definition) is 4. The van der Waals surface area contributed by atoms with Crippen molar-refractivity contribution in [3.63, 3.8) is 0 Å². The Morgan fingerprint density at radius 1 is 1.19 bits per heavy atom. The van der Waals surface area contributed by atoms with Crippen LogP contribution in [0.5, 0.6) is 0 Å². The molecule has 166 valence electrons. The zero-order valence-corrected chi connectivity index (χ0v) is 18.0. The average molecular weight is 426 g/mol. The predicted octanol–water partition coefficient (Wildman–Crippen LogP) is 1.98. The van der Waals surface area contributed by atoms with Crippen LogP contribution in [0.15, 0.2) is 23.0 Å². The molecule has 2 amide bonds. The lowest BCUT2D eigenvalue weighted by atomic mass is 9.86. The number of rotatable bonds is 4. The smallest absolute Gasteiger partial charge is 0.258 e. The predicted molar refractivity (Wildman–Crippen MR) is 116 cm³/mol. The molecule has 1 saturated heterocycles. The van der Waals surface area contributed by atoms with Gasteiger partial charge in [0.1, 0.15) is 0 Å². The summed E-state index contributed by atoms with van der Waals surface area (Å²) in [6.07, 6.45) is 9.28. The van der Waals surface area contributed by atoms with Crippen LogP contribution in [-0.2, 0) is 16.1 Å². The summed E-state index contributed by atoms with van der Waals surface area (Å²) in [5.74, 6) is -1.16. The molecule has 0 unspecified atom stereocenters. The SMILES string of the molecule is CC(=O)N1[C@@H]2c3ccc(C4=CCCC4)c(=O)n3C[C@H]1[C@H](CO)[C@H]2C(=O)NC1CCCC1. The normalized spacial score (nSPS) is 29.7. The highest BCUT2D eigenvalue weighted by atomic mass is 16.3. The molecule has 0 spiro atoms. The first-order valence-corrected chi connectivity index (χ1v) is 11.6. The molecule has 2 fully saturated rings. The van der Waals surface area contributed by atoms with Gasteiger partial charge in [-0.2, -0.15) is 0 Å². The van der Waals surface area contributed by atoms with Gasteiger partial charge in [-0.25, -0.2) is 0 Å². The van der Waals surface area contributed by atoms with Crippen LogP contribution in [0, 0.1) is 11.8 Å². The summed E-state index contributed by atoms with van der Waals surface area (Å²) in [5.41, 5.74) is 2.49. The summed E-state index contributed by atoms with van der Waals surface area (Å²) in [6.45, 7) is 1.65. The summed E-state index contributed by atoms with van der Waals surface area (Å²) in [5, 5.41) is 13.4. The molecule has 0 radical (unpaired) electrons. The molecule has 1 saturated carbocycles. The van der Waals surface area contributed by atoms with E-state index in [4.69, 9.17) is 0 Å². The second kappa shape index (κ2) is 7.93. The van der Waals surface area contributed by atoms with Crippen LogP contribution in [0.25, 0.3) is 5.57 Å². The quantitative estimate of drug-likeness (QED) is 0.772. The molecule has 2 aliphatic carbocycles. The minimum Gasteiger partial charge on any atom is -0.396 e. The molecule has 7 nitrogen and oxygen atoms in total. The molecule has 4 aliphatic rings. The van der Waals surface area contributed by atoms with Crippen molar-refractivity contribution in [2.45, 2.75) is 76.5 Å². The summed E-state index contributed by atoms with van der Waals surface area (Å²) in [7, 11) is 0. The number of fused-ring (bicyclic) bond motifs is 4. The first-order chi connectivity index (χ1) is 15.0. The lowest BCUT2D eigenvalue weighted by molar-refractivity contribution is -0.134. The van der Waals surface area contributed by atoms with E-state index in [0.29, 0.717) is 12.2 Å². The Hall–Kier alpha value is -2.41. The monoisotopic (exact) mass is 425 g/mol. The van der Waals surface area contributed by atoms with Gasteiger partial charge in [-0.05, 0) is 49.8 Å². The standard InChI is InChI=1S/C24H31N3O4/c1-14(29)27-20-12-26-19(11-10-17(24(26)31)15-6-2-3-7-15)22(27)21(18(20)13-28)23(30)25-16-8-4-5-9-16/h6,10-11,16,18,20-22,28H,2-5,7-9,12-13H2,1H3,(H,25,30)/t18-,20-,21+,22+/m0/s1. The Morgan fingerprint density at radius 2 is 1.97 bits per heavy atom. The summed E-state index contributed by atoms with van der Waals surface area (Å²) in [6, 6.07) is 3.07. The molecular formula is C24H31N3O4. The van der Waals surface area contributed by atoms with E-state index in [-0.39, 0.29) is 42.0 Å². The minimum atomic E-state index is -0.552. The summed E-state index contributed by atoms with van der Waals surface area (Å²) < 4.78 is 1.76. The number of aromatic nitrogens is 1. The zero-order chi connectivity index (χ0) is 21.7. The number of pyridine rings is 1. The van der Waals surface area contributed by atoms with Gasteiger partial charge in [-0.1, -0.05) is 18.9 Å². The van der Waals surface area contributed by atoms with Crippen molar-refractivity contribution in [3.05, 3.63) is 39.8 Å². The number of allylic oxidation sites excluding steroid dienone is 2. The van der Waals surface area contributed by atoms with E-state index in [1.54, 1.807) is 9.47 Å². The molecule has 4 atom stereocenters. The highest BCUT2D eigenvalue weighted by Crippen LogP contribution is 2.48. The molecular weight excluding hydrogens is 394 g/mol. The van der Waals surface area contributed by atoms with Crippen LogP contribution in [0.3, 0.4) is 0 Å². The first kappa shape index (κ1) is 20.5. The van der Waals surface area contributed by atoms with Crippen LogP contribution in [0.4, 0.5) is 0 Å². The molecule has 7 heteroatoms. The molecule has 0 aromatic carbocycles. The number of nitrogens with one attached hydrogen (secondary N) is 1. The van der Waals surface area contributed by atoms with Crippen molar-refractivity contribution in [2.75, 3.05) is 6.61 Å². The van der Waals surface area contributed by atoms with Crippen molar-refractivity contribution in [2.24, 2.45) is 11.8 Å². The minimum absolute atomic E-state index is 0.0441. The molecule has 1 aromatic rings. The maximum Gasteiger partial charge on any atom is 0.258 e. The Morgan fingerprint density at radius 3 is 2.61 bits per heavy atom. The molecule has 1 aromatic heterocycles. The third-order valence-corrected chi connectivity index (χ3v) is 7.80. The average Bonchev–Trinajstić information content (AvgIpc) is 3.48. The van der Waals surface area contributed by atoms with E-state index >= 15 is 0 Å². The fraction of sp³-hybridized carbons (Fsp3) is 0.625. The van der Waals surface area contributed by atoms with Gasteiger partial charge in [0, 0.05) is 43.3 Å². The maximum atomic E-state index is 13.4. The van der Waals surface area contributed by atoms with E-state index in [0.717, 1.165) is 56.1 Å².